The number of nitrogens with one attached hydrogen (secondary N) is 1. The van der Waals surface area contributed by atoms with Gasteiger partial charge in [-0.2, -0.15) is 5.10 Å². The molecule has 0 aliphatic rings. The molecule has 2 aromatic rings. The topological polar surface area (TPSA) is 81.0 Å². The van der Waals surface area contributed by atoms with Crippen LogP contribution in [0.4, 0.5) is 5.69 Å². The van der Waals surface area contributed by atoms with Crippen LogP contribution in [-0.4, -0.2) is 22.8 Å². The van der Waals surface area contributed by atoms with Crippen molar-refractivity contribution in [1.82, 2.24) is 10.2 Å². The molecule has 0 unspecified atom stereocenters. The minimum Gasteiger partial charge on any atom is -0.462 e. The van der Waals surface area contributed by atoms with Gasteiger partial charge in [0.1, 0.15) is 5.56 Å². The Hall–Kier alpha value is -2.30. The van der Waals surface area contributed by atoms with Gasteiger partial charge < -0.3 is 10.5 Å². The third-order valence-electron chi connectivity index (χ3n) is 2.33. The van der Waals surface area contributed by atoms with Crippen LogP contribution >= 0.6 is 0 Å². The van der Waals surface area contributed by atoms with Crippen LogP contribution in [0, 0.1) is 0 Å². The molecule has 0 bridgehead atoms. The maximum absolute atomic E-state index is 11.7. The van der Waals surface area contributed by atoms with Crippen molar-refractivity contribution < 1.29 is 9.53 Å². The molecule has 5 heteroatoms. The lowest BCUT2D eigenvalue weighted by molar-refractivity contribution is 0.0527. The molecule has 0 amide bonds. The van der Waals surface area contributed by atoms with Crippen LogP contribution in [0.2, 0.25) is 0 Å². The van der Waals surface area contributed by atoms with E-state index in [1.54, 1.807) is 19.1 Å². The molecule has 2 rings (SSSR count). The summed E-state index contributed by atoms with van der Waals surface area (Å²) in [6.45, 7) is 2.10. The number of aromatic nitrogens is 2. The molecule has 0 fully saturated rings. The normalized spacial score (nSPS) is 10.2. The minimum absolute atomic E-state index is 0.338. The molecule has 0 saturated carbocycles. The van der Waals surface area contributed by atoms with Crippen molar-refractivity contribution in [2.45, 2.75) is 6.92 Å². The summed E-state index contributed by atoms with van der Waals surface area (Å²) >= 11 is 0. The molecule has 0 radical (unpaired) electrons. The molecule has 0 saturated heterocycles. The molecule has 1 aromatic carbocycles. The first-order valence-corrected chi connectivity index (χ1v) is 5.28. The van der Waals surface area contributed by atoms with Gasteiger partial charge in [0, 0.05) is 11.3 Å². The third kappa shape index (κ3) is 2.28. The highest BCUT2D eigenvalue weighted by atomic mass is 16.5. The highest BCUT2D eigenvalue weighted by Gasteiger charge is 2.15. The van der Waals surface area contributed by atoms with E-state index in [2.05, 4.69) is 10.2 Å². The zero-order valence-corrected chi connectivity index (χ0v) is 9.43. The van der Waals surface area contributed by atoms with E-state index < -0.39 is 0 Å². The van der Waals surface area contributed by atoms with Gasteiger partial charge in [-0.15, -0.1) is 0 Å². The number of rotatable bonds is 3. The van der Waals surface area contributed by atoms with Crippen molar-refractivity contribution in [3.63, 3.8) is 0 Å². The van der Waals surface area contributed by atoms with E-state index in [1.807, 2.05) is 12.1 Å². The van der Waals surface area contributed by atoms with Crippen LogP contribution in [0.3, 0.4) is 0 Å². The zero-order valence-electron chi connectivity index (χ0n) is 9.43. The van der Waals surface area contributed by atoms with Crippen LogP contribution in [0.15, 0.2) is 30.5 Å². The second-order valence-corrected chi connectivity index (χ2v) is 3.50. The molecule has 0 aliphatic heterocycles. The molecule has 3 N–H and O–H groups in total. The van der Waals surface area contributed by atoms with Crippen LogP contribution in [0.1, 0.15) is 17.3 Å². The number of nitrogens with zero attached hydrogens (tertiary/aromatic N) is 1. The van der Waals surface area contributed by atoms with Crippen molar-refractivity contribution >= 4 is 11.7 Å². The molecule has 88 valence electrons. The number of nitrogens with two attached hydrogens (primary N) is 1. The average molecular weight is 231 g/mol. The summed E-state index contributed by atoms with van der Waals surface area (Å²) in [5.41, 5.74) is 8.20. The molecular weight excluding hydrogens is 218 g/mol. The predicted molar refractivity (Wildman–Crippen MR) is 64.4 cm³/mol. The van der Waals surface area contributed by atoms with Gasteiger partial charge >= 0.3 is 5.97 Å². The fourth-order valence-corrected chi connectivity index (χ4v) is 1.52. The maximum Gasteiger partial charge on any atom is 0.341 e. The summed E-state index contributed by atoms with van der Waals surface area (Å²) in [7, 11) is 0. The van der Waals surface area contributed by atoms with Gasteiger partial charge in [-0.1, -0.05) is 12.1 Å². The van der Waals surface area contributed by atoms with Crippen LogP contribution in [0.25, 0.3) is 11.3 Å². The Labute approximate surface area is 98.6 Å². The van der Waals surface area contributed by atoms with Crippen molar-refractivity contribution in [3.05, 3.63) is 36.0 Å². The van der Waals surface area contributed by atoms with E-state index in [-0.39, 0.29) is 5.97 Å². The molecule has 1 aromatic heterocycles. The number of hydrogen-bond donors (Lipinski definition) is 2. The summed E-state index contributed by atoms with van der Waals surface area (Å²) in [4.78, 5) is 11.7. The van der Waals surface area contributed by atoms with E-state index in [4.69, 9.17) is 10.5 Å². The third-order valence-corrected chi connectivity index (χ3v) is 2.33. The lowest BCUT2D eigenvalue weighted by Gasteiger charge is -2.03. The van der Waals surface area contributed by atoms with Crippen LogP contribution in [-0.2, 0) is 4.74 Å². The Morgan fingerprint density at radius 3 is 2.76 bits per heavy atom. The van der Waals surface area contributed by atoms with E-state index in [0.717, 1.165) is 5.56 Å². The first-order valence-electron chi connectivity index (χ1n) is 5.28. The Morgan fingerprint density at radius 1 is 1.41 bits per heavy atom. The number of carbonyl (C=O) groups is 1. The first kappa shape index (κ1) is 11.2. The Kier molecular flexibility index (Phi) is 3.09. The predicted octanol–water partition coefficient (Wildman–Crippen LogP) is 1.84. The van der Waals surface area contributed by atoms with Crippen molar-refractivity contribution in [1.29, 1.82) is 0 Å². The Bertz CT molecular complexity index is 517. The highest BCUT2D eigenvalue weighted by Crippen LogP contribution is 2.22. The second-order valence-electron chi connectivity index (χ2n) is 3.50. The van der Waals surface area contributed by atoms with E-state index in [1.165, 1.54) is 6.20 Å². The lowest BCUT2D eigenvalue weighted by Crippen LogP contribution is -2.04. The number of H-pyrrole nitrogens is 1. The van der Waals surface area contributed by atoms with Crippen molar-refractivity contribution in [2.24, 2.45) is 0 Å². The number of nitrogen functional groups attached to an aromatic ring is 1. The monoisotopic (exact) mass is 231 g/mol. The summed E-state index contributed by atoms with van der Waals surface area (Å²) in [6, 6.07) is 7.19. The SMILES string of the molecule is CCOC(=O)c1cn[nH]c1-c1ccc(N)cc1. The van der Waals surface area contributed by atoms with Gasteiger partial charge in [0.05, 0.1) is 18.5 Å². The maximum atomic E-state index is 11.7. The second kappa shape index (κ2) is 4.69. The molecule has 5 nitrogen and oxygen atoms in total. The van der Waals surface area contributed by atoms with Gasteiger partial charge in [-0.05, 0) is 19.1 Å². The van der Waals surface area contributed by atoms with Gasteiger partial charge in [0.2, 0.25) is 0 Å². The number of hydrogen-bond acceptors (Lipinski definition) is 4. The first-order chi connectivity index (χ1) is 8.22. The summed E-state index contributed by atoms with van der Waals surface area (Å²) in [5, 5.41) is 6.66. The molecule has 0 aliphatic carbocycles. The number of anilines is 1. The average Bonchev–Trinajstić information content (AvgIpc) is 2.79. The van der Waals surface area contributed by atoms with Crippen molar-refractivity contribution in [2.75, 3.05) is 12.3 Å². The number of esters is 1. The number of carbonyl (C=O) groups excluding carboxylic acids is 1. The number of ether oxygens (including phenoxy) is 1. The van der Waals surface area contributed by atoms with Gasteiger partial charge in [-0.25, -0.2) is 4.79 Å². The standard InChI is InChI=1S/C12H13N3O2/c1-2-17-12(16)10-7-14-15-11(10)8-3-5-9(13)6-4-8/h3-7H,2,13H2,1H3,(H,14,15). The Balaban J connectivity index is 2.36. The summed E-state index contributed by atoms with van der Waals surface area (Å²) in [5.74, 6) is -0.381. The minimum atomic E-state index is -0.381. The van der Waals surface area contributed by atoms with E-state index in [0.29, 0.717) is 23.6 Å². The van der Waals surface area contributed by atoms with Crippen molar-refractivity contribution in [3.8, 4) is 11.3 Å². The molecule has 17 heavy (non-hydrogen) atoms. The smallest absolute Gasteiger partial charge is 0.341 e. The number of benzene rings is 1. The molecule has 1 heterocycles. The Morgan fingerprint density at radius 2 is 2.12 bits per heavy atom. The summed E-state index contributed by atoms with van der Waals surface area (Å²) < 4.78 is 4.95. The quantitative estimate of drug-likeness (QED) is 0.623. The zero-order chi connectivity index (χ0) is 12.3. The van der Waals surface area contributed by atoms with E-state index in [9.17, 15) is 4.79 Å². The molecular formula is C12H13N3O2. The lowest BCUT2D eigenvalue weighted by atomic mass is 10.1. The largest absolute Gasteiger partial charge is 0.462 e. The molecule has 0 spiro atoms. The van der Waals surface area contributed by atoms with Gasteiger partial charge in [0.15, 0.2) is 0 Å². The highest BCUT2D eigenvalue weighted by molar-refractivity contribution is 5.95. The molecule has 0 atom stereocenters. The number of aromatic amines is 1. The fourth-order valence-electron chi connectivity index (χ4n) is 1.52. The van der Waals surface area contributed by atoms with E-state index >= 15 is 0 Å². The fraction of sp³-hybridized carbons (Fsp3) is 0.167. The van der Waals surface area contributed by atoms with Gasteiger partial charge in [0.25, 0.3) is 0 Å². The summed E-state index contributed by atoms with van der Waals surface area (Å²) in [6.07, 6.45) is 1.46. The van der Waals surface area contributed by atoms with Gasteiger partial charge in [-0.3, -0.25) is 5.10 Å². The van der Waals surface area contributed by atoms with Crippen LogP contribution in [0.5, 0.6) is 0 Å². The van der Waals surface area contributed by atoms with Crippen LogP contribution < -0.4 is 5.73 Å².